The van der Waals surface area contributed by atoms with Gasteiger partial charge in [0, 0.05) is 31.0 Å². The van der Waals surface area contributed by atoms with Gasteiger partial charge in [0.15, 0.2) is 0 Å². The SMILES string of the molecule is Cl.O=C(C1CSCN1C(=O)c1ccccc1)N1CCC2(CCNC2)CC1. The Morgan fingerprint density at radius 2 is 1.85 bits per heavy atom. The number of nitrogens with one attached hydrogen (secondary N) is 1. The van der Waals surface area contributed by atoms with Crippen molar-refractivity contribution in [1.29, 1.82) is 0 Å². The minimum Gasteiger partial charge on any atom is -0.341 e. The molecule has 0 aromatic heterocycles. The van der Waals surface area contributed by atoms with Gasteiger partial charge in [-0.05, 0) is 43.4 Å². The van der Waals surface area contributed by atoms with Gasteiger partial charge in [-0.15, -0.1) is 24.2 Å². The second-order valence-electron chi connectivity index (χ2n) is 7.41. The van der Waals surface area contributed by atoms with Gasteiger partial charge in [-0.1, -0.05) is 18.2 Å². The number of carbonyl (C=O) groups excluding carboxylic acids is 2. The van der Waals surface area contributed by atoms with Crippen LogP contribution in [0, 0.1) is 5.41 Å². The molecule has 1 spiro atoms. The molecule has 2 amide bonds. The third-order valence-corrected chi connectivity index (χ3v) is 6.93. The van der Waals surface area contributed by atoms with Crippen LogP contribution in [0.15, 0.2) is 30.3 Å². The van der Waals surface area contributed by atoms with E-state index in [1.54, 1.807) is 16.7 Å². The van der Waals surface area contributed by atoms with E-state index in [-0.39, 0.29) is 30.3 Å². The standard InChI is InChI=1S/C19H25N3O2S.ClH/c23-17(15-4-2-1-3-5-15)22-14-25-12-16(22)18(24)21-10-7-19(8-11-21)6-9-20-13-19;/h1-5,16,20H,6-14H2;1H. The van der Waals surface area contributed by atoms with E-state index in [0.717, 1.165) is 39.0 Å². The number of benzene rings is 1. The van der Waals surface area contributed by atoms with Crippen LogP contribution in [0.2, 0.25) is 0 Å². The molecule has 1 unspecified atom stereocenters. The molecule has 3 fully saturated rings. The summed E-state index contributed by atoms with van der Waals surface area (Å²) >= 11 is 1.67. The molecule has 0 aliphatic carbocycles. The first kappa shape index (κ1) is 19.5. The maximum absolute atomic E-state index is 13.1. The van der Waals surface area contributed by atoms with E-state index in [1.807, 2.05) is 35.2 Å². The number of halogens is 1. The topological polar surface area (TPSA) is 52.7 Å². The number of piperidine rings is 1. The number of thioether (sulfide) groups is 1. The van der Waals surface area contributed by atoms with Gasteiger partial charge >= 0.3 is 0 Å². The van der Waals surface area contributed by atoms with Crippen LogP contribution in [0.4, 0.5) is 0 Å². The number of rotatable bonds is 2. The second kappa shape index (κ2) is 8.19. The maximum atomic E-state index is 13.1. The Balaban J connectivity index is 0.00000196. The fourth-order valence-electron chi connectivity index (χ4n) is 4.23. The van der Waals surface area contributed by atoms with Crippen LogP contribution in [-0.4, -0.2) is 65.5 Å². The van der Waals surface area contributed by atoms with Crippen molar-refractivity contribution in [2.75, 3.05) is 37.8 Å². The molecule has 0 saturated carbocycles. The highest BCUT2D eigenvalue weighted by Crippen LogP contribution is 2.37. The van der Waals surface area contributed by atoms with Crippen LogP contribution in [0.1, 0.15) is 29.6 Å². The Labute approximate surface area is 165 Å². The van der Waals surface area contributed by atoms with Crippen molar-refractivity contribution in [3.63, 3.8) is 0 Å². The highest BCUT2D eigenvalue weighted by molar-refractivity contribution is 7.99. The summed E-state index contributed by atoms with van der Waals surface area (Å²) in [5, 5.41) is 3.46. The van der Waals surface area contributed by atoms with E-state index in [4.69, 9.17) is 0 Å². The van der Waals surface area contributed by atoms with Gasteiger partial charge in [-0.25, -0.2) is 0 Å². The summed E-state index contributed by atoms with van der Waals surface area (Å²) in [6.07, 6.45) is 3.39. The Bertz CT molecular complexity index is 641. The van der Waals surface area contributed by atoms with Crippen molar-refractivity contribution in [3.05, 3.63) is 35.9 Å². The maximum Gasteiger partial charge on any atom is 0.255 e. The molecule has 1 atom stereocenters. The van der Waals surface area contributed by atoms with E-state index >= 15 is 0 Å². The predicted octanol–water partition coefficient (Wildman–Crippen LogP) is 2.23. The van der Waals surface area contributed by atoms with Crippen molar-refractivity contribution < 1.29 is 9.59 Å². The summed E-state index contributed by atoms with van der Waals surface area (Å²) in [7, 11) is 0. The molecule has 1 N–H and O–H groups in total. The molecule has 5 nitrogen and oxygen atoms in total. The van der Waals surface area contributed by atoms with Crippen LogP contribution in [0.5, 0.6) is 0 Å². The Kier molecular flexibility index (Phi) is 6.15. The molecule has 3 aliphatic heterocycles. The molecule has 0 radical (unpaired) electrons. The largest absolute Gasteiger partial charge is 0.341 e. The zero-order chi connectivity index (χ0) is 17.3. The average molecular weight is 396 g/mol. The van der Waals surface area contributed by atoms with E-state index in [2.05, 4.69) is 5.32 Å². The summed E-state index contributed by atoms with van der Waals surface area (Å²) in [5.41, 5.74) is 1.07. The van der Waals surface area contributed by atoms with Crippen molar-refractivity contribution in [2.45, 2.75) is 25.3 Å². The zero-order valence-corrected chi connectivity index (χ0v) is 16.5. The smallest absolute Gasteiger partial charge is 0.255 e. The van der Waals surface area contributed by atoms with Crippen molar-refractivity contribution in [2.24, 2.45) is 5.41 Å². The number of nitrogens with zero attached hydrogens (tertiary/aromatic N) is 2. The third kappa shape index (κ3) is 3.73. The molecule has 142 valence electrons. The van der Waals surface area contributed by atoms with Crippen LogP contribution >= 0.6 is 24.2 Å². The Morgan fingerprint density at radius 1 is 1.12 bits per heavy atom. The van der Waals surface area contributed by atoms with Crippen LogP contribution in [0.3, 0.4) is 0 Å². The minimum absolute atomic E-state index is 0. The average Bonchev–Trinajstić information content (AvgIpc) is 3.32. The van der Waals surface area contributed by atoms with E-state index in [9.17, 15) is 9.59 Å². The monoisotopic (exact) mass is 395 g/mol. The fraction of sp³-hybridized carbons (Fsp3) is 0.579. The number of amides is 2. The normalized spacial score (nSPS) is 24.5. The molecule has 0 bridgehead atoms. The third-order valence-electron chi connectivity index (χ3n) is 5.92. The quantitative estimate of drug-likeness (QED) is 0.834. The van der Waals surface area contributed by atoms with E-state index in [0.29, 0.717) is 22.6 Å². The first-order valence-electron chi connectivity index (χ1n) is 9.12. The lowest BCUT2D eigenvalue weighted by molar-refractivity contribution is -0.137. The minimum atomic E-state index is -0.312. The van der Waals surface area contributed by atoms with Gasteiger partial charge in [-0.3, -0.25) is 9.59 Å². The number of hydrogen-bond donors (Lipinski definition) is 1. The predicted molar refractivity (Wildman–Crippen MR) is 107 cm³/mol. The molecule has 3 saturated heterocycles. The fourth-order valence-corrected chi connectivity index (χ4v) is 5.37. The van der Waals surface area contributed by atoms with Gasteiger partial charge in [0.25, 0.3) is 5.91 Å². The molecule has 1 aromatic rings. The molecule has 3 heterocycles. The van der Waals surface area contributed by atoms with Crippen LogP contribution < -0.4 is 5.32 Å². The molecule has 4 rings (SSSR count). The summed E-state index contributed by atoms with van der Waals surface area (Å²) in [6.45, 7) is 3.85. The second-order valence-corrected chi connectivity index (χ2v) is 8.41. The van der Waals surface area contributed by atoms with Gasteiger partial charge in [0.05, 0.1) is 5.88 Å². The Hall–Kier alpha value is -1.24. The first-order chi connectivity index (χ1) is 12.2. The number of hydrogen-bond acceptors (Lipinski definition) is 4. The molecule has 26 heavy (non-hydrogen) atoms. The Morgan fingerprint density at radius 3 is 2.50 bits per heavy atom. The van der Waals surface area contributed by atoms with Gasteiger partial charge in [0.1, 0.15) is 6.04 Å². The van der Waals surface area contributed by atoms with Gasteiger partial charge in [0.2, 0.25) is 5.91 Å². The summed E-state index contributed by atoms with van der Waals surface area (Å²) in [4.78, 5) is 29.6. The van der Waals surface area contributed by atoms with Gasteiger partial charge in [-0.2, -0.15) is 0 Å². The molecular formula is C19H26ClN3O2S. The van der Waals surface area contributed by atoms with Crippen molar-refractivity contribution in [1.82, 2.24) is 15.1 Å². The zero-order valence-electron chi connectivity index (χ0n) is 14.9. The molecule has 1 aromatic carbocycles. The van der Waals surface area contributed by atoms with E-state index < -0.39 is 0 Å². The first-order valence-corrected chi connectivity index (χ1v) is 10.3. The molecule has 7 heteroatoms. The lowest BCUT2D eigenvalue weighted by atomic mass is 9.78. The van der Waals surface area contributed by atoms with Crippen molar-refractivity contribution >= 4 is 36.0 Å². The van der Waals surface area contributed by atoms with E-state index in [1.165, 1.54) is 6.42 Å². The summed E-state index contributed by atoms with van der Waals surface area (Å²) in [6, 6.07) is 8.97. The number of likely N-dealkylation sites (tertiary alicyclic amines) is 1. The highest BCUT2D eigenvalue weighted by atomic mass is 35.5. The van der Waals surface area contributed by atoms with Gasteiger partial charge < -0.3 is 15.1 Å². The summed E-state index contributed by atoms with van der Waals surface area (Å²) in [5.74, 6) is 1.42. The van der Waals surface area contributed by atoms with Crippen molar-refractivity contribution in [3.8, 4) is 0 Å². The summed E-state index contributed by atoms with van der Waals surface area (Å²) < 4.78 is 0. The van der Waals surface area contributed by atoms with Crippen LogP contribution in [-0.2, 0) is 4.79 Å². The lowest BCUT2D eigenvalue weighted by Crippen LogP contribution is -2.52. The highest BCUT2D eigenvalue weighted by Gasteiger charge is 2.42. The molecule has 3 aliphatic rings. The number of carbonyl (C=O) groups is 2. The van der Waals surface area contributed by atoms with Crippen LogP contribution in [0.25, 0.3) is 0 Å². The lowest BCUT2D eigenvalue weighted by Gasteiger charge is -2.40. The molecular weight excluding hydrogens is 370 g/mol.